The molecule has 1 aromatic heterocycles. The van der Waals surface area contributed by atoms with Gasteiger partial charge in [-0.1, -0.05) is 166 Å². The van der Waals surface area contributed by atoms with Crippen LogP contribution in [0.4, 0.5) is 0 Å². The largest absolute Gasteiger partial charge is 0.228 e. The van der Waals surface area contributed by atoms with Crippen molar-refractivity contribution in [1.82, 2.24) is 9.97 Å². The lowest BCUT2D eigenvalue weighted by Crippen LogP contribution is -2.14. The van der Waals surface area contributed by atoms with Crippen molar-refractivity contribution in [2.75, 3.05) is 0 Å². The molecule has 1 aliphatic rings. The minimum Gasteiger partial charge on any atom is -0.228 e. The molecule has 0 fully saturated rings. The second-order valence-electron chi connectivity index (χ2n) is 14.2. The smallest absolute Gasteiger partial charge is 0.160 e. The molecule has 1 heterocycles. The first-order valence-electron chi connectivity index (χ1n) is 17.7. The molecule has 0 unspecified atom stereocenters. The van der Waals surface area contributed by atoms with Crippen molar-refractivity contribution in [2.45, 2.75) is 19.3 Å². The maximum atomic E-state index is 5.27. The van der Waals surface area contributed by atoms with Gasteiger partial charge in [-0.05, 0) is 83.9 Å². The number of aromatic nitrogens is 2. The number of hydrogen-bond donors (Lipinski definition) is 0. The van der Waals surface area contributed by atoms with Crippen LogP contribution in [0.25, 0.3) is 88.5 Å². The molecule has 0 bridgehead atoms. The molecule has 10 rings (SSSR count). The van der Waals surface area contributed by atoms with E-state index in [1.165, 1.54) is 65.7 Å². The highest BCUT2D eigenvalue weighted by molar-refractivity contribution is 6.14. The summed E-state index contributed by atoms with van der Waals surface area (Å²) in [5, 5.41) is 7.23. The van der Waals surface area contributed by atoms with Crippen LogP contribution in [0.1, 0.15) is 25.0 Å². The molecule has 0 atom stereocenters. The zero-order chi connectivity index (χ0) is 34.1. The van der Waals surface area contributed by atoms with Gasteiger partial charge in [-0.2, -0.15) is 0 Å². The molecule has 2 heteroatoms. The molecule has 0 saturated carbocycles. The predicted octanol–water partition coefficient (Wildman–Crippen LogP) is 12.9. The zero-order valence-electron chi connectivity index (χ0n) is 28.6. The fourth-order valence-electron chi connectivity index (χ4n) is 8.35. The fourth-order valence-corrected chi connectivity index (χ4v) is 8.35. The molecule has 2 nitrogen and oxygen atoms in total. The number of fused-ring (bicyclic) bond motifs is 7. The average Bonchev–Trinajstić information content (AvgIpc) is 3.42. The quantitative estimate of drug-likeness (QED) is 0.177. The Bertz CT molecular complexity index is 2830. The van der Waals surface area contributed by atoms with E-state index in [0.717, 1.165) is 28.1 Å². The maximum absolute atomic E-state index is 5.27. The Balaban J connectivity index is 1.18. The van der Waals surface area contributed by atoms with E-state index in [2.05, 4.69) is 178 Å². The zero-order valence-corrected chi connectivity index (χ0v) is 28.6. The van der Waals surface area contributed by atoms with Gasteiger partial charge in [-0.25, -0.2) is 9.97 Å². The van der Waals surface area contributed by atoms with E-state index in [0.29, 0.717) is 5.82 Å². The fraction of sp³-hybridized carbons (Fsp3) is 0.0612. The summed E-state index contributed by atoms with van der Waals surface area (Å²) in [6.45, 7) is 4.69. The third-order valence-electron chi connectivity index (χ3n) is 10.9. The molecule has 0 spiro atoms. The van der Waals surface area contributed by atoms with Crippen molar-refractivity contribution in [1.29, 1.82) is 0 Å². The second kappa shape index (κ2) is 11.3. The lowest BCUT2D eigenvalue weighted by molar-refractivity contribution is 0.660. The maximum Gasteiger partial charge on any atom is 0.160 e. The van der Waals surface area contributed by atoms with Crippen molar-refractivity contribution in [2.24, 2.45) is 0 Å². The Morgan fingerprint density at radius 2 is 0.902 bits per heavy atom. The van der Waals surface area contributed by atoms with Crippen LogP contribution in [0.15, 0.2) is 170 Å². The van der Waals surface area contributed by atoms with Crippen LogP contribution in [0.2, 0.25) is 0 Å². The molecule has 0 radical (unpaired) electrons. The Kier molecular flexibility index (Phi) is 6.56. The van der Waals surface area contributed by atoms with Crippen molar-refractivity contribution < 1.29 is 0 Å². The number of benzene rings is 8. The molecule has 9 aromatic rings. The van der Waals surface area contributed by atoms with Crippen molar-refractivity contribution in [3.63, 3.8) is 0 Å². The van der Waals surface area contributed by atoms with Gasteiger partial charge in [0.2, 0.25) is 0 Å². The number of rotatable bonds is 4. The molecular formula is C49H34N2. The van der Waals surface area contributed by atoms with Gasteiger partial charge in [-0.15, -0.1) is 0 Å². The van der Waals surface area contributed by atoms with Crippen LogP contribution in [0.5, 0.6) is 0 Å². The summed E-state index contributed by atoms with van der Waals surface area (Å²) in [5.74, 6) is 0.717. The van der Waals surface area contributed by atoms with E-state index in [4.69, 9.17) is 9.97 Å². The van der Waals surface area contributed by atoms with E-state index < -0.39 is 0 Å². The van der Waals surface area contributed by atoms with E-state index in [9.17, 15) is 0 Å². The lowest BCUT2D eigenvalue weighted by Gasteiger charge is -2.22. The first-order valence-corrected chi connectivity index (χ1v) is 17.7. The van der Waals surface area contributed by atoms with Crippen LogP contribution < -0.4 is 0 Å². The minimum absolute atomic E-state index is 0.0597. The second-order valence-corrected chi connectivity index (χ2v) is 14.2. The Morgan fingerprint density at radius 3 is 1.69 bits per heavy atom. The van der Waals surface area contributed by atoms with Gasteiger partial charge in [0.25, 0.3) is 0 Å². The predicted molar refractivity (Wildman–Crippen MR) is 214 cm³/mol. The first-order chi connectivity index (χ1) is 25.0. The van der Waals surface area contributed by atoms with E-state index in [1.54, 1.807) is 0 Å². The Hall–Kier alpha value is -6.38. The average molecular weight is 651 g/mol. The minimum atomic E-state index is -0.0597. The highest BCUT2D eigenvalue weighted by atomic mass is 14.9. The van der Waals surface area contributed by atoms with Crippen molar-refractivity contribution >= 4 is 32.3 Å². The summed E-state index contributed by atoms with van der Waals surface area (Å²) in [6.07, 6.45) is 0. The van der Waals surface area contributed by atoms with Gasteiger partial charge >= 0.3 is 0 Å². The Labute approximate surface area is 297 Å². The van der Waals surface area contributed by atoms with E-state index >= 15 is 0 Å². The highest BCUT2D eigenvalue weighted by Crippen LogP contribution is 2.50. The van der Waals surface area contributed by atoms with Crippen molar-refractivity contribution in [3.8, 4) is 56.2 Å². The number of nitrogens with zero attached hydrogens (tertiary/aromatic N) is 2. The van der Waals surface area contributed by atoms with Crippen LogP contribution >= 0.6 is 0 Å². The van der Waals surface area contributed by atoms with Gasteiger partial charge in [0.1, 0.15) is 0 Å². The summed E-state index contributed by atoms with van der Waals surface area (Å²) in [5.41, 5.74) is 12.9. The molecule has 8 aromatic carbocycles. The monoisotopic (exact) mass is 650 g/mol. The third kappa shape index (κ3) is 4.64. The molecule has 1 aliphatic carbocycles. The highest BCUT2D eigenvalue weighted by Gasteiger charge is 2.35. The van der Waals surface area contributed by atoms with Crippen LogP contribution in [0, 0.1) is 0 Å². The summed E-state index contributed by atoms with van der Waals surface area (Å²) in [4.78, 5) is 10.5. The van der Waals surface area contributed by atoms with Crippen molar-refractivity contribution in [3.05, 3.63) is 181 Å². The Morgan fingerprint density at radius 1 is 0.353 bits per heavy atom. The summed E-state index contributed by atoms with van der Waals surface area (Å²) >= 11 is 0. The normalized spacial score (nSPS) is 13.1. The van der Waals surface area contributed by atoms with Crippen LogP contribution in [-0.2, 0) is 5.41 Å². The summed E-state index contributed by atoms with van der Waals surface area (Å²) < 4.78 is 0. The van der Waals surface area contributed by atoms with Crippen LogP contribution in [-0.4, -0.2) is 9.97 Å². The van der Waals surface area contributed by atoms with Gasteiger partial charge < -0.3 is 0 Å². The number of hydrogen-bond acceptors (Lipinski definition) is 2. The lowest BCUT2D eigenvalue weighted by atomic mass is 9.81. The van der Waals surface area contributed by atoms with E-state index in [-0.39, 0.29) is 5.41 Å². The summed E-state index contributed by atoms with van der Waals surface area (Å²) in [6, 6.07) is 61.2. The van der Waals surface area contributed by atoms with Gasteiger partial charge in [0, 0.05) is 22.1 Å². The standard InChI is InChI=1S/C49H34N2/c1-49(2)44-23-13-12-22-40(44)41-25-24-33(29-45(41)49)35-26-27-42(38-20-10-8-19-37(35)38)46-30-47(51-48(50-46)31-14-4-3-5-15-31)43-28-32-16-6-7-17-34(32)36-18-9-11-21-39(36)43/h3-30H,1-2H3. The molecule has 0 amide bonds. The molecular weight excluding hydrogens is 617 g/mol. The SMILES string of the molecule is CC1(C)c2ccccc2-c2ccc(-c3ccc(-c4cc(-c5cc6ccccc6c6ccccc56)nc(-c5ccccc5)n4)c4ccccc34)cc21. The topological polar surface area (TPSA) is 25.8 Å². The molecule has 0 N–H and O–H groups in total. The van der Waals surface area contributed by atoms with Gasteiger partial charge in [0.15, 0.2) is 5.82 Å². The van der Waals surface area contributed by atoms with Gasteiger partial charge in [0.05, 0.1) is 11.4 Å². The van der Waals surface area contributed by atoms with Gasteiger partial charge in [-0.3, -0.25) is 0 Å². The third-order valence-corrected chi connectivity index (χ3v) is 10.9. The van der Waals surface area contributed by atoms with Crippen LogP contribution in [0.3, 0.4) is 0 Å². The molecule has 0 saturated heterocycles. The molecule has 0 aliphatic heterocycles. The van der Waals surface area contributed by atoms with E-state index in [1.807, 2.05) is 6.07 Å². The molecule has 240 valence electrons. The summed E-state index contributed by atoms with van der Waals surface area (Å²) in [7, 11) is 0. The molecule has 51 heavy (non-hydrogen) atoms. The first kappa shape index (κ1) is 29.5.